The molecule has 102 valence electrons. The molecule has 0 bridgehead atoms. The fourth-order valence-electron chi connectivity index (χ4n) is 7.04. The largest absolute Gasteiger partial charge is 0.481 e. The van der Waals surface area contributed by atoms with Gasteiger partial charge in [0.2, 0.25) is 5.91 Å². The topological polar surface area (TPSA) is 57.6 Å². The first-order valence-corrected chi connectivity index (χ1v) is 7.26. The summed E-state index contributed by atoms with van der Waals surface area (Å²) >= 11 is 0. The van der Waals surface area contributed by atoms with Crippen LogP contribution in [0.3, 0.4) is 0 Å². The summed E-state index contributed by atoms with van der Waals surface area (Å²) in [6, 6.07) is 0. The van der Waals surface area contributed by atoms with E-state index in [4.69, 9.17) is 0 Å². The molecule has 0 aliphatic heterocycles. The SMILES string of the molecule is CN(C(=O)C12[C@@H]3C4C5[C@@H]3C1(C(=O)O)[C@@H]5[C@H]42)C(C)(C)C. The average molecular weight is 261 g/mol. The number of rotatable bonds is 2. The number of carboxylic acid groups (broad SMARTS) is 1. The molecule has 6 aliphatic rings. The zero-order valence-corrected chi connectivity index (χ0v) is 11.7. The minimum atomic E-state index is -0.694. The van der Waals surface area contributed by atoms with E-state index in [-0.39, 0.29) is 11.4 Å². The molecule has 0 aromatic rings. The Bertz CT molecular complexity index is 554. The summed E-state index contributed by atoms with van der Waals surface area (Å²) in [5.74, 6) is 2.35. The Morgan fingerprint density at radius 1 is 1.00 bits per heavy atom. The Kier molecular flexibility index (Phi) is 1.25. The summed E-state index contributed by atoms with van der Waals surface area (Å²) in [6.45, 7) is 6.04. The van der Waals surface area contributed by atoms with Crippen LogP contribution in [0.5, 0.6) is 0 Å². The smallest absolute Gasteiger partial charge is 0.311 e. The summed E-state index contributed by atoms with van der Waals surface area (Å²) in [4.78, 5) is 26.5. The second-order valence-corrected chi connectivity index (χ2v) is 8.34. The Labute approximate surface area is 112 Å². The van der Waals surface area contributed by atoms with Crippen molar-refractivity contribution in [2.24, 2.45) is 46.3 Å². The average Bonchev–Trinajstić information content (AvgIpc) is 2.35. The van der Waals surface area contributed by atoms with Crippen molar-refractivity contribution in [1.29, 1.82) is 0 Å². The third-order valence-electron chi connectivity index (χ3n) is 7.68. The molecule has 0 radical (unpaired) electrons. The van der Waals surface area contributed by atoms with Crippen LogP contribution in [0, 0.1) is 46.3 Å². The van der Waals surface area contributed by atoms with E-state index >= 15 is 0 Å². The van der Waals surface area contributed by atoms with E-state index in [1.54, 1.807) is 4.90 Å². The van der Waals surface area contributed by atoms with E-state index < -0.39 is 16.8 Å². The molecular weight excluding hydrogens is 242 g/mol. The first-order valence-electron chi connectivity index (χ1n) is 7.26. The van der Waals surface area contributed by atoms with Crippen molar-refractivity contribution in [3.05, 3.63) is 0 Å². The number of hydrogen-bond acceptors (Lipinski definition) is 2. The van der Waals surface area contributed by atoms with Crippen molar-refractivity contribution in [3.8, 4) is 0 Å². The first-order chi connectivity index (χ1) is 8.75. The molecule has 0 spiro atoms. The van der Waals surface area contributed by atoms with E-state index in [1.807, 2.05) is 27.8 Å². The summed E-state index contributed by atoms with van der Waals surface area (Å²) in [5.41, 5.74) is -1.36. The van der Waals surface area contributed by atoms with Crippen LogP contribution in [0.15, 0.2) is 0 Å². The second-order valence-electron chi connectivity index (χ2n) is 8.34. The molecule has 4 unspecified atom stereocenters. The van der Waals surface area contributed by atoms with Crippen LogP contribution in [-0.2, 0) is 9.59 Å². The molecule has 6 saturated carbocycles. The zero-order valence-electron chi connectivity index (χ0n) is 11.7. The lowest BCUT2D eigenvalue weighted by atomic mass is 8.91. The van der Waals surface area contributed by atoms with Crippen LogP contribution in [-0.4, -0.2) is 34.5 Å². The summed E-state index contributed by atoms with van der Waals surface area (Å²) in [5, 5.41) is 9.69. The minimum absolute atomic E-state index is 0.110. The van der Waals surface area contributed by atoms with Crippen molar-refractivity contribution in [3.63, 3.8) is 0 Å². The summed E-state index contributed by atoms with van der Waals surface area (Å²) in [6.07, 6.45) is 0. The van der Waals surface area contributed by atoms with E-state index in [9.17, 15) is 14.7 Å². The summed E-state index contributed by atoms with van der Waals surface area (Å²) < 4.78 is 0. The fraction of sp³-hybridized carbons (Fsp3) is 0.867. The highest BCUT2D eigenvalue weighted by atomic mass is 16.4. The van der Waals surface area contributed by atoms with E-state index in [0.717, 1.165) is 0 Å². The Hall–Kier alpha value is -1.06. The normalized spacial score (nSPS) is 60.6. The van der Waals surface area contributed by atoms with Gasteiger partial charge < -0.3 is 10.0 Å². The number of aliphatic carboxylic acids is 1. The van der Waals surface area contributed by atoms with Gasteiger partial charge in [-0.3, -0.25) is 9.59 Å². The Balaban J connectivity index is 1.57. The molecule has 0 heterocycles. The Morgan fingerprint density at radius 2 is 1.42 bits per heavy atom. The number of nitrogens with zero attached hydrogens (tertiary/aromatic N) is 1. The highest BCUT2D eigenvalue weighted by molar-refractivity contribution is 6.02. The van der Waals surface area contributed by atoms with Gasteiger partial charge in [-0.15, -0.1) is 0 Å². The lowest BCUT2D eigenvalue weighted by Gasteiger charge is -3.09. The van der Waals surface area contributed by atoms with Crippen molar-refractivity contribution >= 4 is 11.9 Å². The number of carbonyl (C=O) groups excluding carboxylic acids is 1. The van der Waals surface area contributed by atoms with Gasteiger partial charge in [-0.05, 0) is 56.3 Å². The zero-order chi connectivity index (χ0) is 13.7. The van der Waals surface area contributed by atoms with Crippen LogP contribution >= 0.6 is 0 Å². The van der Waals surface area contributed by atoms with Gasteiger partial charge in [0.15, 0.2) is 0 Å². The van der Waals surface area contributed by atoms with Crippen LogP contribution in [0.2, 0.25) is 0 Å². The van der Waals surface area contributed by atoms with E-state index in [2.05, 4.69) is 0 Å². The molecule has 4 heteroatoms. The molecule has 6 fully saturated rings. The van der Waals surface area contributed by atoms with Gasteiger partial charge in [0.25, 0.3) is 0 Å². The predicted octanol–water partition coefficient (Wildman–Crippen LogP) is 1.07. The highest BCUT2D eigenvalue weighted by Gasteiger charge is 3.14. The van der Waals surface area contributed by atoms with E-state index in [0.29, 0.717) is 35.5 Å². The van der Waals surface area contributed by atoms with Crippen LogP contribution in [0.25, 0.3) is 0 Å². The van der Waals surface area contributed by atoms with Crippen LogP contribution < -0.4 is 0 Å². The molecule has 1 N–H and O–H groups in total. The number of carbonyl (C=O) groups is 2. The monoisotopic (exact) mass is 261 g/mol. The highest BCUT2D eigenvalue weighted by Crippen LogP contribution is 3.10. The molecule has 8 atom stereocenters. The van der Waals surface area contributed by atoms with E-state index in [1.165, 1.54) is 0 Å². The van der Waals surface area contributed by atoms with Gasteiger partial charge in [0, 0.05) is 12.6 Å². The quantitative estimate of drug-likeness (QED) is 0.809. The maximum atomic E-state index is 12.9. The molecule has 0 saturated heterocycles. The molecule has 0 aromatic heterocycles. The maximum Gasteiger partial charge on any atom is 0.311 e. The molecular formula is C15H19NO3. The van der Waals surface area contributed by atoms with Gasteiger partial charge in [-0.2, -0.15) is 0 Å². The fourth-order valence-corrected chi connectivity index (χ4v) is 7.04. The van der Waals surface area contributed by atoms with Crippen molar-refractivity contribution in [2.75, 3.05) is 7.05 Å². The van der Waals surface area contributed by atoms with Gasteiger partial charge in [-0.1, -0.05) is 0 Å². The number of carboxylic acids is 1. The molecule has 1 amide bonds. The standard InChI is InChI=1S/C15H19NO3/c1-13(2,3)16(4)11(17)14-7-5-6-9(7)15(14,12(18)19)10(6)8(5)14/h5-10H,1-4H3,(H,18,19)/t5?,6?,7-,8+,9-,10-,14?,15?/m0/s1. The first kappa shape index (κ1) is 10.7. The predicted molar refractivity (Wildman–Crippen MR) is 66.0 cm³/mol. The third-order valence-corrected chi connectivity index (χ3v) is 7.68. The maximum absolute atomic E-state index is 12.9. The lowest BCUT2D eigenvalue weighted by Crippen LogP contribution is -3.13. The molecule has 6 aliphatic carbocycles. The van der Waals surface area contributed by atoms with Crippen LogP contribution in [0.1, 0.15) is 20.8 Å². The molecule has 19 heavy (non-hydrogen) atoms. The van der Waals surface area contributed by atoms with Gasteiger partial charge in [-0.25, -0.2) is 0 Å². The molecule has 4 nitrogen and oxygen atoms in total. The van der Waals surface area contributed by atoms with Crippen molar-refractivity contribution in [1.82, 2.24) is 4.90 Å². The number of amides is 1. The second kappa shape index (κ2) is 2.23. The molecule has 6 rings (SSSR count). The number of hydrogen-bond donors (Lipinski definition) is 1. The van der Waals surface area contributed by atoms with Crippen molar-refractivity contribution < 1.29 is 14.7 Å². The van der Waals surface area contributed by atoms with Crippen LogP contribution in [0.4, 0.5) is 0 Å². The van der Waals surface area contributed by atoms with Gasteiger partial charge in [0.05, 0.1) is 10.8 Å². The van der Waals surface area contributed by atoms with Gasteiger partial charge in [0.1, 0.15) is 0 Å². The van der Waals surface area contributed by atoms with Crippen molar-refractivity contribution in [2.45, 2.75) is 26.3 Å². The van der Waals surface area contributed by atoms with Gasteiger partial charge >= 0.3 is 5.97 Å². The third kappa shape index (κ3) is 0.563. The lowest BCUT2D eigenvalue weighted by molar-refractivity contribution is -0.629. The minimum Gasteiger partial charge on any atom is -0.481 e. The Morgan fingerprint density at radius 3 is 1.79 bits per heavy atom. The summed E-state index contributed by atoms with van der Waals surface area (Å²) in [7, 11) is 1.83. The molecule has 0 aromatic carbocycles.